The number of carbonyl (C=O) groups is 1. The highest BCUT2D eigenvalue weighted by atomic mass is 16.9. The standard InChI is InChI=1S/C10H18O5/c1-9(2)6-15-8(11)7(9)10(12-3,13-4)14-5/h7H,6H2,1-5H3. The molecule has 5 heteroatoms. The van der Waals surface area contributed by atoms with Gasteiger partial charge in [0.2, 0.25) is 0 Å². The lowest BCUT2D eigenvalue weighted by atomic mass is 9.80. The van der Waals surface area contributed by atoms with E-state index in [-0.39, 0.29) is 11.4 Å². The molecule has 5 nitrogen and oxygen atoms in total. The summed E-state index contributed by atoms with van der Waals surface area (Å²) in [6.45, 7) is 4.16. The van der Waals surface area contributed by atoms with Crippen molar-refractivity contribution in [1.82, 2.24) is 0 Å². The zero-order valence-electron chi connectivity index (χ0n) is 9.83. The van der Waals surface area contributed by atoms with Crippen LogP contribution >= 0.6 is 0 Å². The van der Waals surface area contributed by atoms with E-state index in [9.17, 15) is 4.79 Å². The number of cyclic esters (lactones) is 1. The van der Waals surface area contributed by atoms with Crippen LogP contribution in [0.4, 0.5) is 0 Å². The molecule has 0 aliphatic carbocycles. The lowest BCUT2D eigenvalue weighted by molar-refractivity contribution is -0.380. The molecule has 1 unspecified atom stereocenters. The number of ether oxygens (including phenoxy) is 4. The summed E-state index contributed by atoms with van der Waals surface area (Å²) in [7, 11) is 4.32. The number of methoxy groups -OCH3 is 3. The highest BCUT2D eigenvalue weighted by Crippen LogP contribution is 2.43. The summed E-state index contributed by atoms with van der Waals surface area (Å²) in [5.41, 5.74) is -0.376. The second-order valence-electron chi connectivity index (χ2n) is 4.25. The Balaban J connectivity index is 3.06. The van der Waals surface area contributed by atoms with Crippen molar-refractivity contribution in [2.75, 3.05) is 27.9 Å². The van der Waals surface area contributed by atoms with Crippen LogP contribution in [0.15, 0.2) is 0 Å². The fourth-order valence-corrected chi connectivity index (χ4v) is 1.97. The summed E-state index contributed by atoms with van der Waals surface area (Å²) in [5.74, 6) is -2.31. The molecule has 0 aromatic heterocycles. The van der Waals surface area contributed by atoms with E-state index in [1.165, 1.54) is 21.3 Å². The summed E-state index contributed by atoms with van der Waals surface area (Å²) in [5, 5.41) is 0. The number of hydrogen-bond donors (Lipinski definition) is 0. The van der Waals surface area contributed by atoms with Gasteiger partial charge in [0.05, 0.1) is 6.61 Å². The lowest BCUT2D eigenvalue weighted by Gasteiger charge is -2.37. The molecule has 88 valence electrons. The van der Waals surface area contributed by atoms with Crippen LogP contribution < -0.4 is 0 Å². The zero-order chi connectivity index (χ0) is 11.7. The number of hydrogen-bond acceptors (Lipinski definition) is 5. The lowest BCUT2D eigenvalue weighted by Crippen LogP contribution is -2.51. The Morgan fingerprint density at radius 3 is 2.00 bits per heavy atom. The summed E-state index contributed by atoms with van der Waals surface area (Å²) in [4.78, 5) is 11.7. The average molecular weight is 218 g/mol. The van der Waals surface area contributed by atoms with E-state index in [4.69, 9.17) is 18.9 Å². The third-order valence-corrected chi connectivity index (χ3v) is 2.81. The molecule has 1 fully saturated rings. The van der Waals surface area contributed by atoms with Gasteiger partial charge in [-0.1, -0.05) is 13.8 Å². The van der Waals surface area contributed by atoms with Gasteiger partial charge in [-0.15, -0.1) is 0 Å². The Morgan fingerprint density at radius 1 is 1.27 bits per heavy atom. The van der Waals surface area contributed by atoms with Crippen LogP contribution in [-0.2, 0) is 23.7 Å². The molecule has 0 radical (unpaired) electrons. The average Bonchev–Trinajstić information content (AvgIpc) is 2.48. The number of carbonyl (C=O) groups excluding carboxylic acids is 1. The van der Waals surface area contributed by atoms with Gasteiger partial charge < -0.3 is 18.9 Å². The van der Waals surface area contributed by atoms with Gasteiger partial charge in [-0.25, -0.2) is 0 Å². The van der Waals surface area contributed by atoms with Crippen molar-refractivity contribution < 1.29 is 23.7 Å². The molecule has 15 heavy (non-hydrogen) atoms. The molecule has 1 saturated heterocycles. The first-order valence-corrected chi connectivity index (χ1v) is 4.75. The molecule has 0 bridgehead atoms. The van der Waals surface area contributed by atoms with Gasteiger partial charge in [-0.05, 0) is 0 Å². The molecular formula is C10H18O5. The highest BCUT2D eigenvalue weighted by molar-refractivity contribution is 5.76. The van der Waals surface area contributed by atoms with Gasteiger partial charge in [-0.3, -0.25) is 4.79 Å². The van der Waals surface area contributed by atoms with Crippen LogP contribution in [0, 0.1) is 11.3 Å². The van der Waals surface area contributed by atoms with Crippen molar-refractivity contribution in [3.63, 3.8) is 0 Å². The van der Waals surface area contributed by atoms with Crippen LogP contribution in [0.3, 0.4) is 0 Å². The Morgan fingerprint density at radius 2 is 1.73 bits per heavy atom. The fourth-order valence-electron chi connectivity index (χ4n) is 1.97. The minimum Gasteiger partial charge on any atom is -0.465 e. The first kappa shape index (κ1) is 12.4. The molecule has 0 spiro atoms. The van der Waals surface area contributed by atoms with Crippen molar-refractivity contribution in [1.29, 1.82) is 0 Å². The second-order valence-corrected chi connectivity index (χ2v) is 4.25. The topological polar surface area (TPSA) is 54.0 Å². The van der Waals surface area contributed by atoms with E-state index >= 15 is 0 Å². The number of esters is 1. The summed E-state index contributed by atoms with van der Waals surface area (Å²) in [6, 6.07) is 0. The maximum Gasteiger partial charge on any atom is 0.317 e. The van der Waals surface area contributed by atoms with E-state index in [0.717, 1.165) is 0 Å². The molecule has 1 heterocycles. The highest BCUT2D eigenvalue weighted by Gasteiger charge is 2.58. The maximum absolute atomic E-state index is 11.7. The van der Waals surface area contributed by atoms with Crippen LogP contribution in [-0.4, -0.2) is 39.9 Å². The monoisotopic (exact) mass is 218 g/mol. The molecule has 1 rings (SSSR count). The largest absolute Gasteiger partial charge is 0.465 e. The Bertz CT molecular complexity index is 236. The summed E-state index contributed by atoms with van der Waals surface area (Å²) < 4.78 is 20.6. The third kappa shape index (κ3) is 1.87. The quantitative estimate of drug-likeness (QED) is 0.515. The van der Waals surface area contributed by atoms with Gasteiger partial charge in [-0.2, -0.15) is 0 Å². The van der Waals surface area contributed by atoms with Gasteiger partial charge in [0.1, 0.15) is 5.92 Å². The predicted molar refractivity (Wildman–Crippen MR) is 52.0 cm³/mol. The summed E-state index contributed by atoms with van der Waals surface area (Å²) >= 11 is 0. The SMILES string of the molecule is COC(OC)(OC)C1C(=O)OCC1(C)C. The molecule has 0 saturated carbocycles. The molecule has 0 amide bonds. The maximum atomic E-state index is 11.7. The van der Waals surface area contributed by atoms with E-state index < -0.39 is 11.9 Å². The zero-order valence-corrected chi connectivity index (χ0v) is 9.83. The van der Waals surface area contributed by atoms with Gasteiger partial charge in [0, 0.05) is 26.7 Å². The molecular weight excluding hydrogens is 200 g/mol. The first-order valence-electron chi connectivity index (χ1n) is 4.75. The van der Waals surface area contributed by atoms with Crippen molar-refractivity contribution in [3.8, 4) is 0 Å². The Kier molecular flexibility index (Phi) is 3.38. The second kappa shape index (κ2) is 4.08. The fraction of sp³-hybridized carbons (Fsp3) is 0.900. The van der Waals surface area contributed by atoms with Gasteiger partial charge in [0.15, 0.2) is 0 Å². The number of rotatable bonds is 4. The smallest absolute Gasteiger partial charge is 0.317 e. The summed E-state index contributed by atoms with van der Waals surface area (Å²) in [6.07, 6.45) is 0. The Hall–Kier alpha value is -0.650. The van der Waals surface area contributed by atoms with Gasteiger partial charge >= 0.3 is 5.97 Å². The van der Waals surface area contributed by atoms with E-state index in [2.05, 4.69) is 0 Å². The van der Waals surface area contributed by atoms with Crippen molar-refractivity contribution in [3.05, 3.63) is 0 Å². The van der Waals surface area contributed by atoms with Crippen molar-refractivity contribution in [2.24, 2.45) is 11.3 Å². The molecule has 1 aliphatic rings. The van der Waals surface area contributed by atoms with Crippen LogP contribution in [0.25, 0.3) is 0 Å². The predicted octanol–water partition coefficient (Wildman–Crippen LogP) is 0.779. The normalized spacial score (nSPS) is 25.4. The van der Waals surface area contributed by atoms with Crippen molar-refractivity contribution in [2.45, 2.75) is 19.8 Å². The molecule has 1 aliphatic heterocycles. The minimum atomic E-state index is -1.36. The van der Waals surface area contributed by atoms with Crippen LogP contribution in [0.1, 0.15) is 13.8 Å². The third-order valence-electron chi connectivity index (χ3n) is 2.81. The minimum absolute atomic E-state index is 0.342. The van der Waals surface area contributed by atoms with E-state index in [1.807, 2.05) is 13.8 Å². The van der Waals surface area contributed by atoms with Crippen LogP contribution in [0.5, 0.6) is 0 Å². The van der Waals surface area contributed by atoms with E-state index in [0.29, 0.717) is 6.61 Å². The van der Waals surface area contributed by atoms with Gasteiger partial charge in [0.25, 0.3) is 5.97 Å². The molecule has 0 aromatic carbocycles. The molecule has 0 N–H and O–H groups in total. The Labute approximate surface area is 89.6 Å². The first-order chi connectivity index (χ1) is 6.93. The van der Waals surface area contributed by atoms with Crippen LogP contribution in [0.2, 0.25) is 0 Å². The molecule has 0 aromatic rings. The molecule has 1 atom stereocenters. The van der Waals surface area contributed by atoms with E-state index in [1.54, 1.807) is 0 Å². The van der Waals surface area contributed by atoms with Crippen molar-refractivity contribution >= 4 is 5.97 Å².